The molecule has 0 aliphatic carbocycles. The molecular weight excluding hydrogens is 402 g/mol. The summed E-state index contributed by atoms with van der Waals surface area (Å²) in [5.74, 6) is 0. The van der Waals surface area contributed by atoms with Crippen LogP contribution in [0.4, 0.5) is 45.5 Å². The van der Waals surface area contributed by atoms with Crippen LogP contribution in [0.1, 0.15) is 0 Å². The molecule has 0 aromatic heterocycles. The molecule has 0 spiro atoms. The average Bonchev–Trinajstić information content (AvgIpc) is 2.89. The molecule has 5 aromatic carbocycles. The van der Waals surface area contributed by atoms with Gasteiger partial charge in [-0.05, 0) is 60.7 Å². The monoisotopic (exact) mass is 425 g/mol. The van der Waals surface area contributed by atoms with E-state index in [1.54, 1.807) is 0 Å². The molecule has 3 heteroatoms. The van der Waals surface area contributed by atoms with Gasteiger partial charge in [0.2, 0.25) is 0 Å². The third-order valence-electron chi connectivity index (χ3n) is 5.95. The Bertz CT molecular complexity index is 1310. The van der Waals surface area contributed by atoms with Crippen LogP contribution >= 0.6 is 0 Å². The zero-order valence-corrected chi connectivity index (χ0v) is 18.1. The molecule has 0 bridgehead atoms. The lowest BCUT2D eigenvalue weighted by Gasteiger charge is -2.37. The second kappa shape index (κ2) is 8.21. The van der Waals surface area contributed by atoms with Gasteiger partial charge < -0.3 is 15.1 Å². The first kappa shape index (κ1) is 19.2. The lowest BCUT2D eigenvalue weighted by molar-refractivity contribution is 1.21. The van der Waals surface area contributed by atoms with E-state index in [-0.39, 0.29) is 0 Å². The first-order valence-corrected chi connectivity index (χ1v) is 11.1. The third kappa shape index (κ3) is 3.40. The fourth-order valence-corrected chi connectivity index (χ4v) is 4.51. The predicted octanol–water partition coefficient (Wildman–Crippen LogP) is 8.68. The van der Waals surface area contributed by atoms with E-state index in [4.69, 9.17) is 0 Å². The molecule has 33 heavy (non-hydrogen) atoms. The van der Waals surface area contributed by atoms with Crippen LogP contribution in [0.5, 0.6) is 0 Å². The van der Waals surface area contributed by atoms with Crippen molar-refractivity contribution < 1.29 is 0 Å². The van der Waals surface area contributed by atoms with Crippen LogP contribution in [0, 0.1) is 0 Å². The van der Waals surface area contributed by atoms with E-state index in [0.717, 1.165) is 45.5 Å². The zero-order valence-electron chi connectivity index (χ0n) is 18.1. The van der Waals surface area contributed by atoms with Crippen molar-refractivity contribution in [3.63, 3.8) is 0 Å². The van der Waals surface area contributed by atoms with Gasteiger partial charge in [0.1, 0.15) is 0 Å². The Morgan fingerprint density at radius 1 is 0.424 bits per heavy atom. The number of fused-ring (bicyclic) bond motifs is 2. The van der Waals surface area contributed by atoms with Crippen LogP contribution in [0.2, 0.25) is 0 Å². The van der Waals surface area contributed by atoms with E-state index in [9.17, 15) is 0 Å². The lowest BCUT2D eigenvalue weighted by atomic mass is 10.1. The molecule has 0 radical (unpaired) electrons. The summed E-state index contributed by atoms with van der Waals surface area (Å²) in [6.07, 6.45) is 0. The number of hydrogen-bond donors (Lipinski definition) is 1. The van der Waals surface area contributed by atoms with Gasteiger partial charge >= 0.3 is 0 Å². The SMILES string of the molecule is c1ccc(N(c2ccccc2)c2ccccc2N2c3ccccc3Nc3ccccc32)cc1. The van der Waals surface area contributed by atoms with E-state index in [0.29, 0.717) is 0 Å². The summed E-state index contributed by atoms with van der Waals surface area (Å²) in [5.41, 5.74) is 8.91. The maximum absolute atomic E-state index is 3.60. The van der Waals surface area contributed by atoms with Gasteiger partial charge in [0, 0.05) is 11.4 Å². The standard InChI is InChI=1S/C30H23N3/c1-3-13-23(14-4-1)32(24-15-5-2-6-16-24)29-21-11-12-22-30(29)33-27-19-9-7-17-25(27)31-26-18-8-10-20-28(26)33/h1-22,31H. The van der Waals surface area contributed by atoms with Crippen LogP contribution in [0.15, 0.2) is 133 Å². The van der Waals surface area contributed by atoms with Crippen molar-refractivity contribution in [2.45, 2.75) is 0 Å². The van der Waals surface area contributed by atoms with Gasteiger partial charge in [0.05, 0.1) is 34.1 Å². The summed E-state index contributed by atoms with van der Waals surface area (Å²) in [7, 11) is 0. The highest BCUT2D eigenvalue weighted by molar-refractivity contribution is 6.00. The second-order valence-electron chi connectivity index (χ2n) is 7.99. The number of anilines is 8. The van der Waals surface area contributed by atoms with Crippen molar-refractivity contribution in [2.75, 3.05) is 15.1 Å². The highest BCUT2D eigenvalue weighted by Gasteiger charge is 2.27. The van der Waals surface area contributed by atoms with Crippen molar-refractivity contribution >= 4 is 45.5 Å². The number of nitrogens with zero attached hydrogens (tertiary/aromatic N) is 2. The maximum Gasteiger partial charge on any atom is 0.0704 e. The van der Waals surface area contributed by atoms with E-state index >= 15 is 0 Å². The summed E-state index contributed by atoms with van der Waals surface area (Å²) in [4.78, 5) is 4.68. The smallest absolute Gasteiger partial charge is 0.0704 e. The quantitative estimate of drug-likeness (QED) is 0.305. The molecule has 0 amide bonds. The third-order valence-corrected chi connectivity index (χ3v) is 5.95. The number of nitrogens with one attached hydrogen (secondary N) is 1. The molecule has 0 unspecified atom stereocenters. The Labute approximate surface area is 194 Å². The van der Waals surface area contributed by atoms with Gasteiger partial charge in [-0.3, -0.25) is 0 Å². The van der Waals surface area contributed by atoms with Crippen LogP contribution < -0.4 is 15.1 Å². The van der Waals surface area contributed by atoms with Crippen molar-refractivity contribution in [3.8, 4) is 0 Å². The van der Waals surface area contributed by atoms with Gasteiger partial charge in [0.15, 0.2) is 0 Å². The Balaban J connectivity index is 1.61. The molecule has 1 aliphatic rings. The topological polar surface area (TPSA) is 18.5 Å². The lowest BCUT2D eigenvalue weighted by Crippen LogP contribution is -2.20. The molecule has 1 N–H and O–H groups in total. The molecule has 0 saturated carbocycles. The van der Waals surface area contributed by atoms with E-state index in [1.165, 1.54) is 0 Å². The van der Waals surface area contributed by atoms with Gasteiger partial charge in [-0.25, -0.2) is 0 Å². The minimum Gasteiger partial charge on any atom is -0.352 e. The van der Waals surface area contributed by atoms with Crippen LogP contribution in [0.3, 0.4) is 0 Å². The first-order chi connectivity index (χ1) is 16.4. The Morgan fingerprint density at radius 3 is 1.39 bits per heavy atom. The van der Waals surface area contributed by atoms with Crippen LogP contribution in [-0.2, 0) is 0 Å². The maximum atomic E-state index is 3.60. The number of hydrogen-bond acceptors (Lipinski definition) is 3. The Hall–Kier alpha value is -4.50. The second-order valence-corrected chi connectivity index (χ2v) is 7.99. The Morgan fingerprint density at radius 2 is 0.848 bits per heavy atom. The van der Waals surface area contributed by atoms with Crippen LogP contribution in [0.25, 0.3) is 0 Å². The average molecular weight is 426 g/mol. The minimum absolute atomic E-state index is 1.09. The molecule has 3 nitrogen and oxygen atoms in total. The molecule has 0 atom stereocenters. The van der Waals surface area contributed by atoms with Crippen molar-refractivity contribution in [1.82, 2.24) is 0 Å². The zero-order chi connectivity index (χ0) is 22.0. The normalized spacial score (nSPS) is 11.8. The highest BCUT2D eigenvalue weighted by Crippen LogP contribution is 2.51. The number of para-hydroxylation sites is 8. The Kier molecular flexibility index (Phi) is 4.78. The van der Waals surface area contributed by atoms with Gasteiger partial charge in [-0.15, -0.1) is 0 Å². The molecule has 6 rings (SSSR count). The summed E-state index contributed by atoms with van der Waals surface area (Å²) in [5, 5.41) is 3.60. The fourth-order valence-electron chi connectivity index (χ4n) is 4.51. The van der Waals surface area contributed by atoms with E-state index < -0.39 is 0 Å². The molecule has 1 aliphatic heterocycles. The van der Waals surface area contributed by atoms with Gasteiger partial charge in [0.25, 0.3) is 0 Å². The molecule has 0 fully saturated rings. The van der Waals surface area contributed by atoms with Gasteiger partial charge in [-0.2, -0.15) is 0 Å². The van der Waals surface area contributed by atoms with Crippen LogP contribution in [-0.4, -0.2) is 0 Å². The predicted molar refractivity (Wildman–Crippen MR) is 139 cm³/mol. The highest BCUT2D eigenvalue weighted by atomic mass is 15.2. The molecule has 1 heterocycles. The van der Waals surface area contributed by atoms with Crippen molar-refractivity contribution in [3.05, 3.63) is 133 Å². The first-order valence-electron chi connectivity index (χ1n) is 11.1. The largest absolute Gasteiger partial charge is 0.352 e. The molecule has 158 valence electrons. The van der Waals surface area contributed by atoms with Crippen molar-refractivity contribution in [2.24, 2.45) is 0 Å². The van der Waals surface area contributed by atoms with E-state index in [2.05, 4.69) is 149 Å². The number of rotatable bonds is 4. The van der Waals surface area contributed by atoms with Crippen molar-refractivity contribution in [1.29, 1.82) is 0 Å². The molecule has 0 saturated heterocycles. The summed E-state index contributed by atoms with van der Waals surface area (Å²) >= 11 is 0. The summed E-state index contributed by atoms with van der Waals surface area (Å²) < 4.78 is 0. The fraction of sp³-hybridized carbons (Fsp3) is 0. The summed E-state index contributed by atoms with van der Waals surface area (Å²) in [6.45, 7) is 0. The number of benzene rings is 5. The molecule has 5 aromatic rings. The van der Waals surface area contributed by atoms with E-state index in [1.807, 2.05) is 0 Å². The minimum atomic E-state index is 1.09. The summed E-state index contributed by atoms with van der Waals surface area (Å²) in [6, 6.07) is 46.6. The van der Waals surface area contributed by atoms with Gasteiger partial charge in [-0.1, -0.05) is 72.8 Å². The molecular formula is C30H23N3.